The molecule has 5 nitrogen and oxygen atoms in total. The van der Waals surface area contributed by atoms with E-state index in [1.54, 1.807) is 5.38 Å². The van der Waals surface area contributed by atoms with Crippen LogP contribution < -0.4 is 5.32 Å². The lowest BCUT2D eigenvalue weighted by Crippen LogP contribution is -2.30. The Morgan fingerprint density at radius 1 is 1.22 bits per heavy atom. The second-order valence-corrected chi connectivity index (χ2v) is 7.00. The zero-order valence-electron chi connectivity index (χ0n) is 12.8. The number of hydrogen-bond donors (Lipinski definition) is 2. The van der Waals surface area contributed by atoms with Crippen LogP contribution in [0.3, 0.4) is 0 Å². The Morgan fingerprint density at radius 2 is 1.87 bits per heavy atom. The van der Waals surface area contributed by atoms with Gasteiger partial charge in [0.2, 0.25) is 10.9 Å². The molecule has 1 saturated carbocycles. The highest BCUT2D eigenvalue weighted by Crippen LogP contribution is 2.38. The van der Waals surface area contributed by atoms with E-state index in [0.717, 1.165) is 48.3 Å². The van der Waals surface area contributed by atoms with Gasteiger partial charge in [-0.05, 0) is 25.0 Å². The maximum Gasteiger partial charge on any atom is 0.365 e. The van der Waals surface area contributed by atoms with E-state index in [1.165, 1.54) is 0 Å². The number of carboxylic acids is 1. The van der Waals surface area contributed by atoms with Gasteiger partial charge >= 0.3 is 5.97 Å². The van der Waals surface area contributed by atoms with Crippen molar-refractivity contribution >= 4 is 28.9 Å². The minimum Gasteiger partial charge on any atom is -0.476 e. The van der Waals surface area contributed by atoms with Crippen LogP contribution >= 0.6 is 11.3 Å². The Bertz CT molecular complexity index is 731. The highest BCUT2D eigenvalue weighted by atomic mass is 32.1. The number of benzene rings is 1. The molecular weight excluding hydrogens is 312 g/mol. The Balaban J connectivity index is 1.71. The monoisotopic (exact) mass is 330 g/mol. The first-order valence-electron chi connectivity index (χ1n) is 7.59. The lowest BCUT2D eigenvalue weighted by Gasteiger charge is -2.22. The molecule has 0 aliphatic heterocycles. The fourth-order valence-corrected chi connectivity index (χ4v) is 3.56. The molecule has 0 saturated heterocycles. The van der Waals surface area contributed by atoms with Crippen molar-refractivity contribution in [2.75, 3.05) is 5.32 Å². The van der Waals surface area contributed by atoms with Gasteiger partial charge in [-0.1, -0.05) is 31.9 Å². The summed E-state index contributed by atoms with van der Waals surface area (Å²) >= 11 is 1.10. The van der Waals surface area contributed by atoms with Gasteiger partial charge in [-0.3, -0.25) is 4.79 Å². The van der Waals surface area contributed by atoms with Crippen LogP contribution in [0.5, 0.6) is 0 Å². The number of carboxylic acid groups (broad SMARTS) is 1. The topological polar surface area (TPSA) is 79.3 Å². The van der Waals surface area contributed by atoms with E-state index in [0.29, 0.717) is 5.69 Å². The molecular formula is C17H18N2O3S. The molecule has 6 heteroatoms. The molecule has 3 rings (SSSR count). The predicted molar refractivity (Wildman–Crippen MR) is 89.7 cm³/mol. The number of rotatable bonds is 4. The molecule has 2 N–H and O–H groups in total. The first-order chi connectivity index (χ1) is 11.0. The normalized spacial score (nSPS) is 16.2. The summed E-state index contributed by atoms with van der Waals surface area (Å²) in [5, 5.41) is 13.7. The summed E-state index contributed by atoms with van der Waals surface area (Å²) in [4.78, 5) is 27.3. The number of aromatic nitrogens is 1. The zero-order chi connectivity index (χ0) is 16.4. The summed E-state index contributed by atoms with van der Waals surface area (Å²) in [6.45, 7) is 2.02. The number of aromatic carboxylic acids is 1. The molecule has 1 aliphatic carbocycles. The predicted octanol–water partition coefficient (Wildman–Crippen LogP) is 4.03. The van der Waals surface area contributed by atoms with Crippen molar-refractivity contribution in [3.05, 3.63) is 34.7 Å². The number of carbonyl (C=O) groups excluding carboxylic acids is 1. The van der Waals surface area contributed by atoms with Crippen LogP contribution in [0.2, 0.25) is 0 Å². The van der Waals surface area contributed by atoms with E-state index >= 15 is 0 Å². The van der Waals surface area contributed by atoms with Crippen molar-refractivity contribution in [1.82, 2.24) is 4.98 Å². The van der Waals surface area contributed by atoms with Gasteiger partial charge in [-0.2, -0.15) is 0 Å². The minimum atomic E-state index is -1.02. The van der Waals surface area contributed by atoms with Gasteiger partial charge < -0.3 is 10.4 Å². The third-order valence-corrected chi connectivity index (χ3v) is 5.21. The van der Waals surface area contributed by atoms with Gasteiger partial charge in [-0.15, -0.1) is 11.3 Å². The van der Waals surface area contributed by atoms with Gasteiger partial charge in [0.05, 0.1) is 5.69 Å². The molecule has 1 amide bonds. The van der Waals surface area contributed by atoms with Crippen molar-refractivity contribution in [3.8, 4) is 11.3 Å². The molecule has 1 aliphatic rings. The van der Waals surface area contributed by atoms with Gasteiger partial charge in [0, 0.05) is 22.0 Å². The molecule has 2 aromatic rings. The van der Waals surface area contributed by atoms with Crippen LogP contribution in [0.1, 0.15) is 42.4 Å². The van der Waals surface area contributed by atoms with Crippen LogP contribution in [0.25, 0.3) is 11.3 Å². The van der Waals surface area contributed by atoms with Crippen LogP contribution in [0, 0.1) is 5.41 Å². The Kier molecular flexibility index (Phi) is 4.17. The van der Waals surface area contributed by atoms with Gasteiger partial charge in [-0.25, -0.2) is 9.78 Å². The molecule has 0 unspecified atom stereocenters. The zero-order valence-corrected chi connectivity index (χ0v) is 13.7. The van der Waals surface area contributed by atoms with Crippen molar-refractivity contribution in [1.29, 1.82) is 0 Å². The Labute approximate surface area is 138 Å². The molecule has 23 heavy (non-hydrogen) atoms. The minimum absolute atomic E-state index is 0.0737. The first kappa shape index (κ1) is 15.7. The number of hydrogen-bond acceptors (Lipinski definition) is 4. The first-order valence-corrected chi connectivity index (χ1v) is 8.47. The summed E-state index contributed by atoms with van der Waals surface area (Å²) in [6.07, 6.45) is 4.10. The third kappa shape index (κ3) is 3.27. The lowest BCUT2D eigenvalue weighted by molar-refractivity contribution is -0.124. The smallest absolute Gasteiger partial charge is 0.365 e. The van der Waals surface area contributed by atoms with E-state index in [2.05, 4.69) is 10.3 Å². The average Bonchev–Trinajstić information content (AvgIpc) is 3.18. The molecule has 0 radical (unpaired) electrons. The fourth-order valence-electron chi connectivity index (χ4n) is 2.89. The van der Waals surface area contributed by atoms with Crippen molar-refractivity contribution in [3.63, 3.8) is 0 Å². The Morgan fingerprint density at radius 3 is 2.43 bits per heavy atom. The van der Waals surface area contributed by atoms with E-state index in [9.17, 15) is 9.59 Å². The number of nitrogens with zero attached hydrogens (tertiary/aromatic N) is 1. The summed E-state index contributed by atoms with van der Waals surface area (Å²) in [6, 6.07) is 7.33. The maximum absolute atomic E-state index is 12.4. The second-order valence-electron chi connectivity index (χ2n) is 6.14. The molecule has 1 heterocycles. The van der Waals surface area contributed by atoms with E-state index < -0.39 is 5.97 Å². The quantitative estimate of drug-likeness (QED) is 0.887. The highest BCUT2D eigenvalue weighted by molar-refractivity contribution is 7.11. The van der Waals surface area contributed by atoms with Crippen LogP contribution in [0.4, 0.5) is 5.69 Å². The van der Waals surface area contributed by atoms with E-state index in [-0.39, 0.29) is 16.3 Å². The maximum atomic E-state index is 12.4. The van der Waals surface area contributed by atoms with Crippen LogP contribution in [-0.4, -0.2) is 22.0 Å². The fraction of sp³-hybridized carbons (Fsp3) is 0.353. The van der Waals surface area contributed by atoms with Crippen LogP contribution in [-0.2, 0) is 4.79 Å². The summed E-state index contributed by atoms with van der Waals surface area (Å²) in [5.41, 5.74) is 1.96. The van der Waals surface area contributed by atoms with Gasteiger partial charge in [0.15, 0.2) is 0 Å². The summed E-state index contributed by atoms with van der Waals surface area (Å²) < 4.78 is 0. The number of carbonyl (C=O) groups is 2. The molecule has 0 spiro atoms. The SMILES string of the molecule is CC1(C(=O)Nc2ccc(-c3csc(C(=O)O)n3)cc2)CCCC1. The summed E-state index contributed by atoms with van der Waals surface area (Å²) in [7, 11) is 0. The Hall–Kier alpha value is -2.21. The largest absolute Gasteiger partial charge is 0.476 e. The van der Waals surface area contributed by atoms with Crippen molar-refractivity contribution in [2.45, 2.75) is 32.6 Å². The number of amides is 1. The molecule has 0 bridgehead atoms. The molecule has 1 aromatic heterocycles. The number of anilines is 1. The second kappa shape index (κ2) is 6.12. The summed E-state index contributed by atoms with van der Waals surface area (Å²) in [5.74, 6) is -0.945. The number of thiazole rings is 1. The molecule has 0 atom stereocenters. The highest BCUT2D eigenvalue weighted by Gasteiger charge is 2.36. The van der Waals surface area contributed by atoms with E-state index in [1.807, 2.05) is 31.2 Å². The van der Waals surface area contributed by atoms with E-state index in [4.69, 9.17) is 5.11 Å². The molecule has 1 aromatic carbocycles. The van der Waals surface area contributed by atoms with Gasteiger partial charge in [0.25, 0.3) is 0 Å². The lowest BCUT2D eigenvalue weighted by atomic mass is 9.88. The standard InChI is InChI=1S/C17H18N2O3S/c1-17(8-2-3-9-17)16(22)18-12-6-4-11(5-7-12)13-10-23-14(19-13)15(20)21/h4-7,10H,2-3,8-9H2,1H3,(H,18,22)(H,20,21). The third-order valence-electron chi connectivity index (χ3n) is 4.38. The van der Waals surface area contributed by atoms with Crippen molar-refractivity contribution < 1.29 is 14.7 Å². The molecule has 1 fully saturated rings. The average molecular weight is 330 g/mol. The number of nitrogens with one attached hydrogen (secondary N) is 1. The van der Waals surface area contributed by atoms with Gasteiger partial charge in [0.1, 0.15) is 0 Å². The van der Waals surface area contributed by atoms with Crippen LogP contribution in [0.15, 0.2) is 29.6 Å². The van der Waals surface area contributed by atoms with Crippen molar-refractivity contribution in [2.24, 2.45) is 5.41 Å². The molecule has 120 valence electrons.